The van der Waals surface area contributed by atoms with Crippen molar-refractivity contribution in [2.75, 3.05) is 0 Å². The Bertz CT molecular complexity index is 908. The Morgan fingerprint density at radius 2 is 2.04 bits per heavy atom. The first-order valence-corrected chi connectivity index (χ1v) is 10.0. The first-order chi connectivity index (χ1) is 12.8. The highest BCUT2D eigenvalue weighted by atomic mass is 19.1. The van der Waals surface area contributed by atoms with Gasteiger partial charge in [0, 0.05) is 24.4 Å². The van der Waals surface area contributed by atoms with E-state index in [9.17, 15) is 9.18 Å². The molecule has 0 aliphatic heterocycles. The van der Waals surface area contributed by atoms with Gasteiger partial charge in [-0.1, -0.05) is 32.4 Å². The van der Waals surface area contributed by atoms with Crippen LogP contribution in [0.1, 0.15) is 64.4 Å². The highest BCUT2D eigenvalue weighted by molar-refractivity contribution is 5.83. The van der Waals surface area contributed by atoms with Crippen molar-refractivity contribution in [2.45, 2.75) is 58.8 Å². The van der Waals surface area contributed by atoms with E-state index in [1.54, 1.807) is 12.1 Å². The molecule has 1 aromatic carbocycles. The number of carbonyl (C=O) groups excluding carboxylic acids is 1. The first kappa shape index (κ1) is 18.3. The maximum atomic E-state index is 13.8. The summed E-state index contributed by atoms with van der Waals surface area (Å²) < 4.78 is 13.8. The molecule has 1 aromatic heterocycles. The summed E-state index contributed by atoms with van der Waals surface area (Å²) in [6.45, 7) is 6.36. The van der Waals surface area contributed by atoms with E-state index in [4.69, 9.17) is 0 Å². The summed E-state index contributed by atoms with van der Waals surface area (Å²) in [7, 11) is 0. The number of carbonyl (C=O) groups is 1. The highest BCUT2D eigenvalue weighted by Crippen LogP contribution is 2.51. The number of halogens is 1. The largest absolute Gasteiger partial charge is 0.299 e. The van der Waals surface area contributed by atoms with Gasteiger partial charge in [-0.3, -0.25) is 9.78 Å². The van der Waals surface area contributed by atoms with Gasteiger partial charge in [0.1, 0.15) is 11.6 Å². The lowest BCUT2D eigenvalue weighted by atomic mass is 9.87. The minimum Gasteiger partial charge on any atom is -0.299 e. The monoisotopic (exact) mass is 365 g/mol. The SMILES string of the molecule is CC(C)(C)CC(=O)CC1=C[C@H]2C[C@@H](c3ccnc4ccc(F)cc34)C[C@H]2C1. The molecule has 0 radical (unpaired) electrons. The molecule has 2 aliphatic rings. The second-order valence-electron chi connectivity index (χ2n) is 9.64. The van der Waals surface area contributed by atoms with Crippen LogP contribution in [-0.2, 0) is 4.79 Å². The van der Waals surface area contributed by atoms with E-state index >= 15 is 0 Å². The fourth-order valence-electron chi connectivity index (χ4n) is 5.09. The molecule has 4 rings (SSSR count). The highest BCUT2D eigenvalue weighted by Gasteiger charge is 2.38. The first-order valence-electron chi connectivity index (χ1n) is 10.0. The molecular formula is C24H28FNO. The van der Waals surface area contributed by atoms with Gasteiger partial charge in [-0.15, -0.1) is 0 Å². The summed E-state index contributed by atoms with van der Waals surface area (Å²) in [5, 5.41) is 0.951. The normalized spacial score (nSPS) is 24.9. The Balaban J connectivity index is 1.48. The minimum absolute atomic E-state index is 0.0644. The molecule has 1 heterocycles. The summed E-state index contributed by atoms with van der Waals surface area (Å²) in [5.41, 5.74) is 3.50. The molecule has 2 nitrogen and oxygen atoms in total. The van der Waals surface area contributed by atoms with Gasteiger partial charge >= 0.3 is 0 Å². The summed E-state index contributed by atoms with van der Waals surface area (Å²) in [4.78, 5) is 16.7. The van der Waals surface area contributed by atoms with Crippen LogP contribution in [0.2, 0.25) is 0 Å². The zero-order chi connectivity index (χ0) is 19.2. The molecule has 2 aromatic rings. The number of benzene rings is 1. The van der Waals surface area contributed by atoms with Crippen molar-refractivity contribution in [3.63, 3.8) is 0 Å². The van der Waals surface area contributed by atoms with E-state index in [1.165, 1.54) is 17.2 Å². The third-order valence-corrected chi connectivity index (χ3v) is 6.05. The summed E-state index contributed by atoms with van der Waals surface area (Å²) in [5.74, 6) is 1.80. The molecule has 1 fully saturated rings. The van der Waals surface area contributed by atoms with Crippen molar-refractivity contribution in [3.05, 3.63) is 53.5 Å². The van der Waals surface area contributed by atoms with E-state index in [2.05, 4.69) is 37.9 Å². The van der Waals surface area contributed by atoms with Gasteiger partial charge in [0.15, 0.2) is 0 Å². The number of aromatic nitrogens is 1. The van der Waals surface area contributed by atoms with Crippen molar-refractivity contribution in [3.8, 4) is 0 Å². The van der Waals surface area contributed by atoms with E-state index in [1.807, 2.05) is 6.20 Å². The Morgan fingerprint density at radius 3 is 2.78 bits per heavy atom. The molecule has 1 saturated carbocycles. The van der Waals surface area contributed by atoms with Crippen LogP contribution in [0.5, 0.6) is 0 Å². The van der Waals surface area contributed by atoms with Crippen LogP contribution in [0.3, 0.4) is 0 Å². The Hall–Kier alpha value is -2.03. The summed E-state index contributed by atoms with van der Waals surface area (Å²) in [6.07, 6.45) is 8.75. The third-order valence-electron chi connectivity index (χ3n) is 6.05. The molecule has 0 amide bonds. The van der Waals surface area contributed by atoms with Gasteiger partial charge in [0.05, 0.1) is 5.52 Å². The van der Waals surface area contributed by atoms with Gasteiger partial charge < -0.3 is 0 Å². The van der Waals surface area contributed by atoms with E-state index in [0.29, 0.717) is 36.4 Å². The second-order valence-corrected chi connectivity index (χ2v) is 9.64. The van der Waals surface area contributed by atoms with Gasteiger partial charge in [0.2, 0.25) is 0 Å². The number of hydrogen-bond acceptors (Lipinski definition) is 2. The number of hydrogen-bond donors (Lipinski definition) is 0. The van der Waals surface area contributed by atoms with Crippen LogP contribution in [0.15, 0.2) is 42.1 Å². The molecule has 0 N–H and O–H groups in total. The number of nitrogens with zero attached hydrogens (tertiary/aromatic N) is 1. The average molecular weight is 365 g/mol. The predicted molar refractivity (Wildman–Crippen MR) is 107 cm³/mol. The molecule has 0 bridgehead atoms. The predicted octanol–water partition coefficient (Wildman–Crippen LogP) is 6.21. The zero-order valence-corrected chi connectivity index (χ0v) is 16.5. The molecule has 0 spiro atoms. The van der Waals surface area contributed by atoms with E-state index in [0.717, 1.165) is 30.2 Å². The molecule has 27 heavy (non-hydrogen) atoms. The van der Waals surface area contributed by atoms with Gasteiger partial charge in [0.25, 0.3) is 0 Å². The lowest BCUT2D eigenvalue weighted by Crippen LogP contribution is -2.13. The topological polar surface area (TPSA) is 30.0 Å². The maximum Gasteiger partial charge on any atom is 0.137 e. The van der Waals surface area contributed by atoms with Crippen LogP contribution in [-0.4, -0.2) is 10.8 Å². The zero-order valence-electron chi connectivity index (χ0n) is 16.5. The Kier molecular flexibility index (Phi) is 4.65. The van der Waals surface area contributed by atoms with Crippen molar-refractivity contribution in [2.24, 2.45) is 17.3 Å². The number of fused-ring (bicyclic) bond motifs is 2. The quantitative estimate of drug-likeness (QED) is 0.603. The van der Waals surface area contributed by atoms with Crippen LogP contribution < -0.4 is 0 Å². The number of ketones is 1. The smallest absolute Gasteiger partial charge is 0.137 e. The van der Waals surface area contributed by atoms with Gasteiger partial charge in [-0.2, -0.15) is 0 Å². The number of rotatable bonds is 4. The summed E-state index contributed by atoms with van der Waals surface area (Å²) in [6, 6.07) is 6.93. The fraction of sp³-hybridized carbons (Fsp3) is 0.500. The molecule has 3 heteroatoms. The minimum atomic E-state index is -0.200. The molecule has 0 unspecified atom stereocenters. The lowest BCUT2D eigenvalue weighted by Gasteiger charge is -2.17. The fourth-order valence-corrected chi connectivity index (χ4v) is 5.09. The van der Waals surface area contributed by atoms with E-state index in [-0.39, 0.29) is 11.2 Å². The van der Waals surface area contributed by atoms with Crippen LogP contribution in [0, 0.1) is 23.1 Å². The number of allylic oxidation sites excluding steroid dienone is 2. The van der Waals surface area contributed by atoms with Gasteiger partial charge in [-0.05, 0) is 72.3 Å². The molecule has 0 saturated heterocycles. The average Bonchev–Trinajstić information content (AvgIpc) is 3.10. The van der Waals surface area contributed by atoms with Crippen LogP contribution in [0.4, 0.5) is 4.39 Å². The molecular weight excluding hydrogens is 337 g/mol. The molecule has 142 valence electrons. The second kappa shape index (κ2) is 6.85. The Labute approximate surface area is 160 Å². The van der Waals surface area contributed by atoms with Crippen molar-refractivity contribution in [1.82, 2.24) is 4.98 Å². The van der Waals surface area contributed by atoms with Crippen LogP contribution >= 0.6 is 0 Å². The number of Topliss-reactive ketones (excluding diaryl/α,β-unsaturated/α-hetero) is 1. The maximum absolute atomic E-state index is 13.8. The lowest BCUT2D eigenvalue weighted by molar-refractivity contribution is -0.120. The van der Waals surface area contributed by atoms with Crippen LogP contribution in [0.25, 0.3) is 10.9 Å². The van der Waals surface area contributed by atoms with Crippen molar-refractivity contribution >= 4 is 16.7 Å². The third kappa shape index (κ3) is 3.97. The van der Waals surface area contributed by atoms with Gasteiger partial charge in [-0.25, -0.2) is 4.39 Å². The summed E-state index contributed by atoms with van der Waals surface area (Å²) >= 11 is 0. The molecule has 3 atom stereocenters. The standard InChI is InChI=1S/C24H28FNO/c1-24(2,3)14-20(27)10-15-8-16-11-18(12-17(16)9-15)21-6-7-26-23-5-4-19(25)13-22(21)23/h4-8,13,16-18H,9-12,14H2,1-3H3/t16-,17+,18+/m0/s1. The molecule has 2 aliphatic carbocycles. The van der Waals surface area contributed by atoms with Crippen molar-refractivity contribution in [1.29, 1.82) is 0 Å². The van der Waals surface area contributed by atoms with E-state index < -0.39 is 0 Å². The Morgan fingerprint density at radius 1 is 1.22 bits per heavy atom. The number of pyridine rings is 1. The van der Waals surface area contributed by atoms with Crippen molar-refractivity contribution < 1.29 is 9.18 Å².